The van der Waals surface area contributed by atoms with Gasteiger partial charge >= 0.3 is 0 Å². The fourth-order valence-electron chi connectivity index (χ4n) is 2.38. The van der Waals surface area contributed by atoms with Gasteiger partial charge in [0.05, 0.1) is 10.6 Å². The van der Waals surface area contributed by atoms with Crippen molar-refractivity contribution in [1.29, 1.82) is 0 Å². The summed E-state index contributed by atoms with van der Waals surface area (Å²) in [7, 11) is 0. The third-order valence-electron chi connectivity index (χ3n) is 3.37. The van der Waals surface area contributed by atoms with E-state index in [0.29, 0.717) is 6.54 Å². The number of anilines is 1. The Bertz CT molecular complexity index is 702. The van der Waals surface area contributed by atoms with E-state index in [9.17, 15) is 13.6 Å². The number of carbonyl (C=O) groups is 1. The first-order chi connectivity index (χ1) is 9.58. The topological polar surface area (TPSA) is 20.3 Å². The standard InChI is InChI=1S/C15H10ClF2NO/c16-11-8-13(18)12(17)7-10(11)15(20)19-6-5-9-3-1-2-4-14(9)19/h1-4,7-8H,5-6H2. The summed E-state index contributed by atoms with van der Waals surface area (Å²) in [6, 6.07) is 9.17. The average molecular weight is 294 g/mol. The van der Waals surface area contributed by atoms with Crippen molar-refractivity contribution < 1.29 is 13.6 Å². The van der Waals surface area contributed by atoms with E-state index in [0.717, 1.165) is 29.8 Å². The Morgan fingerprint density at radius 1 is 1.15 bits per heavy atom. The molecule has 1 aliphatic rings. The Hall–Kier alpha value is -1.94. The van der Waals surface area contributed by atoms with Crippen LogP contribution in [-0.2, 0) is 6.42 Å². The molecular weight excluding hydrogens is 284 g/mol. The summed E-state index contributed by atoms with van der Waals surface area (Å²) < 4.78 is 26.4. The third kappa shape index (κ3) is 2.06. The summed E-state index contributed by atoms with van der Waals surface area (Å²) in [4.78, 5) is 14.0. The molecule has 102 valence electrons. The predicted molar refractivity (Wildman–Crippen MR) is 73.2 cm³/mol. The highest BCUT2D eigenvalue weighted by Crippen LogP contribution is 2.30. The number of hydrogen-bond acceptors (Lipinski definition) is 1. The summed E-state index contributed by atoms with van der Waals surface area (Å²) in [5, 5.41) is -0.0849. The van der Waals surface area contributed by atoms with Gasteiger partial charge in [-0.3, -0.25) is 4.79 Å². The van der Waals surface area contributed by atoms with E-state index in [4.69, 9.17) is 11.6 Å². The number of benzene rings is 2. The average Bonchev–Trinajstić information content (AvgIpc) is 2.86. The zero-order valence-corrected chi connectivity index (χ0v) is 11.1. The first-order valence-corrected chi connectivity index (χ1v) is 6.50. The smallest absolute Gasteiger partial charge is 0.259 e. The zero-order chi connectivity index (χ0) is 14.3. The molecule has 0 spiro atoms. The molecule has 0 N–H and O–H groups in total. The molecule has 0 saturated heterocycles. The maximum absolute atomic E-state index is 13.3. The molecule has 1 heterocycles. The minimum Gasteiger partial charge on any atom is -0.308 e. The fourth-order valence-corrected chi connectivity index (χ4v) is 2.61. The SMILES string of the molecule is O=C(c1cc(F)c(F)cc1Cl)N1CCc2ccccc21. The van der Waals surface area contributed by atoms with Crippen molar-refractivity contribution in [3.05, 3.63) is 64.2 Å². The second-order valence-electron chi connectivity index (χ2n) is 4.58. The molecule has 20 heavy (non-hydrogen) atoms. The van der Waals surface area contributed by atoms with Crippen molar-refractivity contribution in [3.8, 4) is 0 Å². The molecule has 0 atom stereocenters. The fraction of sp³-hybridized carbons (Fsp3) is 0.133. The molecule has 2 aromatic carbocycles. The van der Waals surface area contributed by atoms with Crippen LogP contribution in [0.5, 0.6) is 0 Å². The van der Waals surface area contributed by atoms with Gasteiger partial charge in [-0.05, 0) is 30.2 Å². The number of halogens is 3. The zero-order valence-electron chi connectivity index (χ0n) is 10.4. The first kappa shape index (κ1) is 13.1. The van der Waals surface area contributed by atoms with E-state index < -0.39 is 17.5 Å². The van der Waals surface area contributed by atoms with Crippen molar-refractivity contribution in [2.24, 2.45) is 0 Å². The lowest BCUT2D eigenvalue weighted by atomic mass is 10.1. The molecule has 0 aromatic heterocycles. The monoisotopic (exact) mass is 293 g/mol. The van der Waals surface area contributed by atoms with E-state index in [1.807, 2.05) is 24.3 Å². The molecular formula is C15H10ClF2NO. The Balaban J connectivity index is 2.01. The summed E-state index contributed by atoms with van der Waals surface area (Å²) in [6.45, 7) is 0.507. The van der Waals surface area contributed by atoms with Crippen LogP contribution in [0.15, 0.2) is 36.4 Å². The van der Waals surface area contributed by atoms with Gasteiger partial charge in [-0.2, -0.15) is 0 Å². The van der Waals surface area contributed by atoms with Crippen LogP contribution in [0.25, 0.3) is 0 Å². The molecule has 0 bridgehead atoms. The Morgan fingerprint density at radius 3 is 2.65 bits per heavy atom. The van der Waals surface area contributed by atoms with Crippen LogP contribution >= 0.6 is 11.6 Å². The lowest BCUT2D eigenvalue weighted by molar-refractivity contribution is 0.0989. The maximum Gasteiger partial charge on any atom is 0.259 e. The number of fused-ring (bicyclic) bond motifs is 1. The number of para-hydroxylation sites is 1. The molecule has 0 fully saturated rings. The second kappa shape index (κ2) is 4.87. The molecule has 2 nitrogen and oxygen atoms in total. The van der Waals surface area contributed by atoms with Gasteiger partial charge in [0.2, 0.25) is 0 Å². The number of carbonyl (C=O) groups excluding carboxylic acids is 1. The van der Waals surface area contributed by atoms with Crippen LogP contribution in [-0.4, -0.2) is 12.5 Å². The number of amides is 1. The predicted octanol–water partition coefficient (Wildman–Crippen LogP) is 3.82. The normalized spacial score (nSPS) is 13.4. The third-order valence-corrected chi connectivity index (χ3v) is 3.69. The highest BCUT2D eigenvalue weighted by molar-refractivity contribution is 6.34. The van der Waals surface area contributed by atoms with Gasteiger partial charge in [-0.15, -0.1) is 0 Å². The van der Waals surface area contributed by atoms with Crippen molar-refractivity contribution in [1.82, 2.24) is 0 Å². The molecule has 0 unspecified atom stereocenters. The second-order valence-corrected chi connectivity index (χ2v) is 4.99. The Labute approximate surface area is 119 Å². The molecule has 1 amide bonds. The van der Waals surface area contributed by atoms with Crippen LogP contribution in [0.3, 0.4) is 0 Å². The van der Waals surface area contributed by atoms with Crippen LogP contribution in [0, 0.1) is 11.6 Å². The van der Waals surface area contributed by atoms with Crippen molar-refractivity contribution in [3.63, 3.8) is 0 Å². The van der Waals surface area contributed by atoms with Crippen LogP contribution in [0.2, 0.25) is 5.02 Å². The van der Waals surface area contributed by atoms with Crippen molar-refractivity contribution >= 4 is 23.2 Å². The quantitative estimate of drug-likeness (QED) is 0.732. The van der Waals surface area contributed by atoms with Gasteiger partial charge in [0.15, 0.2) is 11.6 Å². The van der Waals surface area contributed by atoms with E-state index in [1.54, 1.807) is 0 Å². The van der Waals surface area contributed by atoms with E-state index in [-0.39, 0.29) is 10.6 Å². The van der Waals surface area contributed by atoms with E-state index in [2.05, 4.69) is 0 Å². The molecule has 0 saturated carbocycles. The highest BCUT2D eigenvalue weighted by Gasteiger charge is 2.27. The number of rotatable bonds is 1. The summed E-state index contributed by atoms with van der Waals surface area (Å²) in [6.07, 6.45) is 0.739. The Kier molecular flexibility index (Phi) is 3.18. The lowest BCUT2D eigenvalue weighted by Crippen LogP contribution is -2.29. The minimum atomic E-state index is -1.08. The van der Waals surface area contributed by atoms with Crippen LogP contribution in [0.1, 0.15) is 15.9 Å². The van der Waals surface area contributed by atoms with Crippen molar-refractivity contribution in [2.45, 2.75) is 6.42 Å². The maximum atomic E-state index is 13.3. The summed E-state index contributed by atoms with van der Waals surface area (Å²) >= 11 is 5.85. The van der Waals surface area contributed by atoms with Gasteiger partial charge in [-0.1, -0.05) is 29.8 Å². The van der Waals surface area contributed by atoms with Gasteiger partial charge in [0.1, 0.15) is 0 Å². The van der Waals surface area contributed by atoms with E-state index in [1.165, 1.54) is 4.90 Å². The Morgan fingerprint density at radius 2 is 1.85 bits per heavy atom. The van der Waals surface area contributed by atoms with Gasteiger partial charge < -0.3 is 4.90 Å². The van der Waals surface area contributed by atoms with Gasteiger partial charge in [0.25, 0.3) is 5.91 Å². The molecule has 1 aliphatic heterocycles. The number of nitrogens with zero attached hydrogens (tertiary/aromatic N) is 1. The number of hydrogen-bond donors (Lipinski definition) is 0. The van der Waals surface area contributed by atoms with Crippen molar-refractivity contribution in [2.75, 3.05) is 11.4 Å². The summed E-state index contributed by atoms with van der Waals surface area (Å²) in [5.41, 5.74) is 1.82. The summed E-state index contributed by atoms with van der Waals surface area (Å²) in [5.74, 6) is -2.56. The molecule has 0 aliphatic carbocycles. The van der Waals surface area contributed by atoms with Crippen LogP contribution in [0.4, 0.5) is 14.5 Å². The van der Waals surface area contributed by atoms with Gasteiger partial charge in [0, 0.05) is 12.2 Å². The van der Waals surface area contributed by atoms with Gasteiger partial charge in [-0.25, -0.2) is 8.78 Å². The van der Waals surface area contributed by atoms with Crippen LogP contribution < -0.4 is 4.90 Å². The molecule has 2 aromatic rings. The molecule has 0 radical (unpaired) electrons. The lowest BCUT2D eigenvalue weighted by Gasteiger charge is -2.18. The minimum absolute atomic E-state index is 0.0257. The first-order valence-electron chi connectivity index (χ1n) is 6.12. The largest absolute Gasteiger partial charge is 0.308 e. The molecule has 3 rings (SSSR count). The highest BCUT2D eigenvalue weighted by atomic mass is 35.5. The van der Waals surface area contributed by atoms with E-state index >= 15 is 0 Å². The molecule has 5 heteroatoms.